The lowest BCUT2D eigenvalue weighted by molar-refractivity contribution is -0.134. The van der Waals surface area contributed by atoms with Crippen LogP contribution in [0.1, 0.15) is 44.1 Å². The van der Waals surface area contributed by atoms with E-state index in [0.29, 0.717) is 28.6 Å². The van der Waals surface area contributed by atoms with E-state index in [9.17, 15) is 4.79 Å². The molecule has 4 rings (SSSR count). The van der Waals surface area contributed by atoms with Gasteiger partial charge in [-0.1, -0.05) is 30.7 Å². The quantitative estimate of drug-likeness (QED) is 0.716. The van der Waals surface area contributed by atoms with E-state index in [2.05, 4.69) is 20.4 Å². The lowest BCUT2D eigenvalue weighted by Crippen LogP contribution is -2.50. The summed E-state index contributed by atoms with van der Waals surface area (Å²) in [5.74, 6) is 1.95. The van der Waals surface area contributed by atoms with Gasteiger partial charge in [-0.25, -0.2) is 0 Å². The van der Waals surface area contributed by atoms with E-state index in [1.165, 1.54) is 37.4 Å². The first-order chi connectivity index (χ1) is 13.7. The largest absolute Gasteiger partial charge is 0.494 e. The molecule has 1 aliphatic heterocycles. The minimum absolute atomic E-state index is 0.201. The standard InChI is InChI=1S/C20H27N5O2S/c1-14-9-10-18(27-2)17(12-14)25-20(21-22-23-25)28-13-19(26)24-11-5-7-15-6-3-4-8-16(15)24/h9-10,12,15-16H,3-8,11,13H2,1-2H3/t15-,16+/m1/s1. The summed E-state index contributed by atoms with van der Waals surface area (Å²) in [5, 5.41) is 12.7. The number of fused-ring (bicyclic) bond motifs is 1. The molecule has 0 N–H and O–H groups in total. The number of carbonyl (C=O) groups is 1. The number of aryl methyl sites for hydroxylation is 1. The Hall–Kier alpha value is -2.09. The summed E-state index contributed by atoms with van der Waals surface area (Å²) < 4.78 is 7.11. The highest BCUT2D eigenvalue weighted by Crippen LogP contribution is 2.36. The number of nitrogens with zero attached hydrogens (tertiary/aromatic N) is 5. The van der Waals surface area contributed by atoms with Crippen molar-refractivity contribution in [1.82, 2.24) is 25.1 Å². The minimum atomic E-state index is 0.201. The van der Waals surface area contributed by atoms with E-state index in [0.717, 1.165) is 30.6 Å². The summed E-state index contributed by atoms with van der Waals surface area (Å²) in [5.41, 5.74) is 1.88. The number of amides is 1. The predicted molar refractivity (Wildman–Crippen MR) is 108 cm³/mol. The molecule has 2 fully saturated rings. The molecule has 1 amide bonds. The highest BCUT2D eigenvalue weighted by atomic mass is 32.2. The molecule has 1 saturated carbocycles. The van der Waals surface area contributed by atoms with Gasteiger partial charge in [-0.05, 0) is 66.6 Å². The van der Waals surface area contributed by atoms with Gasteiger partial charge in [0.15, 0.2) is 0 Å². The number of likely N-dealkylation sites (tertiary alicyclic amines) is 1. The van der Waals surface area contributed by atoms with Crippen LogP contribution in [0.25, 0.3) is 5.69 Å². The van der Waals surface area contributed by atoms with Crippen LogP contribution in [-0.2, 0) is 4.79 Å². The van der Waals surface area contributed by atoms with E-state index in [1.54, 1.807) is 11.8 Å². The molecule has 2 aliphatic rings. The monoisotopic (exact) mass is 401 g/mol. The molecule has 150 valence electrons. The SMILES string of the molecule is COc1ccc(C)cc1-n1nnnc1SCC(=O)N1CCC[C@H]2CCCC[C@@H]21. The minimum Gasteiger partial charge on any atom is -0.494 e. The van der Waals surface area contributed by atoms with Crippen molar-refractivity contribution in [3.05, 3.63) is 23.8 Å². The van der Waals surface area contributed by atoms with Crippen LogP contribution in [0.4, 0.5) is 0 Å². The van der Waals surface area contributed by atoms with Crippen molar-refractivity contribution < 1.29 is 9.53 Å². The van der Waals surface area contributed by atoms with Gasteiger partial charge >= 0.3 is 0 Å². The van der Waals surface area contributed by atoms with Crippen molar-refractivity contribution in [3.8, 4) is 11.4 Å². The molecule has 1 saturated heterocycles. The van der Waals surface area contributed by atoms with Crippen LogP contribution in [0.5, 0.6) is 5.75 Å². The first-order valence-electron chi connectivity index (χ1n) is 10.0. The Labute approximate surface area is 169 Å². The second kappa shape index (κ2) is 8.51. The molecular weight excluding hydrogens is 374 g/mol. The van der Waals surface area contributed by atoms with Gasteiger partial charge in [0.2, 0.25) is 11.1 Å². The van der Waals surface area contributed by atoms with Gasteiger partial charge in [0.05, 0.1) is 12.9 Å². The van der Waals surface area contributed by atoms with Crippen LogP contribution < -0.4 is 4.74 Å². The van der Waals surface area contributed by atoms with Gasteiger partial charge in [0.25, 0.3) is 0 Å². The predicted octanol–water partition coefficient (Wildman–Crippen LogP) is 3.25. The molecule has 2 aromatic rings. The zero-order valence-corrected chi connectivity index (χ0v) is 17.3. The Balaban J connectivity index is 1.47. The highest BCUT2D eigenvalue weighted by molar-refractivity contribution is 7.99. The average molecular weight is 402 g/mol. The molecule has 0 spiro atoms. The second-order valence-electron chi connectivity index (χ2n) is 7.68. The maximum absolute atomic E-state index is 13.0. The van der Waals surface area contributed by atoms with Crippen LogP contribution in [0, 0.1) is 12.8 Å². The number of rotatable bonds is 5. The smallest absolute Gasteiger partial charge is 0.233 e. The van der Waals surface area contributed by atoms with Gasteiger partial charge in [-0.15, -0.1) is 5.10 Å². The molecule has 7 nitrogen and oxygen atoms in total. The third-order valence-electron chi connectivity index (χ3n) is 5.89. The average Bonchev–Trinajstić information content (AvgIpc) is 3.20. The fraction of sp³-hybridized carbons (Fsp3) is 0.600. The van der Waals surface area contributed by atoms with Crippen LogP contribution in [0.2, 0.25) is 0 Å². The summed E-state index contributed by atoms with van der Waals surface area (Å²) in [6.07, 6.45) is 7.36. The lowest BCUT2D eigenvalue weighted by Gasteiger charge is -2.44. The molecule has 28 heavy (non-hydrogen) atoms. The van der Waals surface area contributed by atoms with Crippen LogP contribution in [0.3, 0.4) is 0 Å². The summed E-state index contributed by atoms with van der Waals surface area (Å²) in [7, 11) is 1.63. The molecule has 8 heteroatoms. The summed E-state index contributed by atoms with van der Waals surface area (Å²) in [6, 6.07) is 6.31. The maximum atomic E-state index is 13.0. The van der Waals surface area contributed by atoms with Crippen molar-refractivity contribution in [2.45, 2.75) is 56.6 Å². The lowest BCUT2D eigenvalue weighted by atomic mass is 9.78. The molecule has 0 radical (unpaired) electrons. The molecular formula is C20H27N5O2S. The van der Waals surface area contributed by atoms with Crippen molar-refractivity contribution in [1.29, 1.82) is 0 Å². The summed E-state index contributed by atoms with van der Waals surface area (Å²) >= 11 is 1.39. The Morgan fingerprint density at radius 1 is 1.25 bits per heavy atom. The van der Waals surface area contributed by atoms with Crippen molar-refractivity contribution >= 4 is 17.7 Å². The highest BCUT2D eigenvalue weighted by Gasteiger charge is 2.35. The Kier molecular flexibility index (Phi) is 5.85. The Morgan fingerprint density at radius 3 is 2.93 bits per heavy atom. The number of ether oxygens (including phenoxy) is 1. The Morgan fingerprint density at radius 2 is 2.07 bits per heavy atom. The molecule has 2 atom stereocenters. The van der Waals surface area contributed by atoms with Gasteiger partial charge < -0.3 is 9.64 Å². The van der Waals surface area contributed by atoms with Crippen LogP contribution >= 0.6 is 11.8 Å². The fourth-order valence-corrected chi connectivity index (χ4v) is 5.30. The van der Waals surface area contributed by atoms with E-state index in [1.807, 2.05) is 25.1 Å². The molecule has 1 aromatic carbocycles. The number of piperidine rings is 1. The van der Waals surface area contributed by atoms with Gasteiger partial charge in [-0.2, -0.15) is 4.68 Å². The van der Waals surface area contributed by atoms with E-state index >= 15 is 0 Å². The number of benzene rings is 1. The van der Waals surface area contributed by atoms with Crippen LogP contribution in [0.15, 0.2) is 23.4 Å². The number of hydrogen-bond acceptors (Lipinski definition) is 6. The van der Waals surface area contributed by atoms with Crippen molar-refractivity contribution in [3.63, 3.8) is 0 Å². The van der Waals surface area contributed by atoms with Crippen molar-refractivity contribution in [2.24, 2.45) is 5.92 Å². The number of thioether (sulfide) groups is 1. The third kappa shape index (κ3) is 3.87. The third-order valence-corrected chi connectivity index (χ3v) is 6.80. The van der Waals surface area contributed by atoms with Gasteiger partial charge in [0.1, 0.15) is 11.4 Å². The van der Waals surface area contributed by atoms with Gasteiger partial charge in [0, 0.05) is 12.6 Å². The number of methoxy groups -OCH3 is 1. The number of aromatic nitrogens is 4. The normalized spacial score (nSPS) is 22.0. The summed E-state index contributed by atoms with van der Waals surface area (Å²) in [4.78, 5) is 15.1. The first kappa shape index (κ1) is 19.2. The molecule has 1 aromatic heterocycles. The number of tetrazole rings is 1. The molecule has 0 unspecified atom stereocenters. The second-order valence-corrected chi connectivity index (χ2v) is 8.62. The first-order valence-corrected chi connectivity index (χ1v) is 11.0. The zero-order valence-electron chi connectivity index (χ0n) is 16.5. The molecule has 1 aliphatic carbocycles. The summed E-state index contributed by atoms with van der Waals surface area (Å²) in [6.45, 7) is 2.90. The maximum Gasteiger partial charge on any atom is 0.233 e. The van der Waals surface area contributed by atoms with Gasteiger partial charge in [-0.3, -0.25) is 4.79 Å². The fourth-order valence-electron chi connectivity index (χ4n) is 4.53. The Bertz CT molecular complexity index is 838. The number of carbonyl (C=O) groups excluding carboxylic acids is 1. The van der Waals surface area contributed by atoms with Crippen LogP contribution in [-0.4, -0.2) is 56.5 Å². The van der Waals surface area contributed by atoms with Crippen molar-refractivity contribution in [2.75, 3.05) is 19.4 Å². The molecule has 2 heterocycles. The van der Waals surface area contributed by atoms with E-state index in [4.69, 9.17) is 4.74 Å². The number of hydrogen-bond donors (Lipinski definition) is 0. The molecule has 0 bridgehead atoms. The zero-order chi connectivity index (χ0) is 19.5. The van der Waals surface area contributed by atoms with E-state index < -0.39 is 0 Å². The topological polar surface area (TPSA) is 73.1 Å². The van der Waals surface area contributed by atoms with E-state index in [-0.39, 0.29) is 5.91 Å².